The van der Waals surface area contributed by atoms with E-state index in [1.807, 2.05) is 12.1 Å². The topological polar surface area (TPSA) is 0 Å². The first-order valence-electron chi connectivity index (χ1n) is 14.9. The first-order chi connectivity index (χ1) is 17.1. The van der Waals surface area contributed by atoms with Crippen LogP contribution in [0.1, 0.15) is 121 Å². The molecule has 35 heavy (non-hydrogen) atoms. The summed E-state index contributed by atoms with van der Waals surface area (Å²) in [7, 11) is 0. The highest BCUT2D eigenvalue weighted by atomic mass is 19.2. The Hall–Kier alpha value is -1.44. The lowest BCUT2D eigenvalue weighted by molar-refractivity contribution is 0.192. The van der Waals surface area contributed by atoms with Gasteiger partial charge in [-0.15, -0.1) is 0 Å². The van der Waals surface area contributed by atoms with Crippen LogP contribution in [-0.2, 0) is 6.42 Å². The van der Waals surface area contributed by atoms with Crippen LogP contribution < -0.4 is 0 Å². The Balaban J connectivity index is 1.27. The molecule has 0 aromatic heterocycles. The van der Waals surface area contributed by atoms with Crippen LogP contribution in [0.4, 0.5) is 8.78 Å². The van der Waals surface area contributed by atoms with Gasteiger partial charge in [0.1, 0.15) is 0 Å². The third-order valence-electron chi connectivity index (χ3n) is 9.67. The van der Waals surface area contributed by atoms with E-state index >= 15 is 4.39 Å². The van der Waals surface area contributed by atoms with E-state index in [1.165, 1.54) is 70.6 Å². The number of benzene rings is 1. The molecule has 3 aliphatic rings. The van der Waals surface area contributed by atoms with Crippen molar-refractivity contribution in [1.29, 1.82) is 0 Å². The maximum absolute atomic E-state index is 15.0. The van der Waals surface area contributed by atoms with Gasteiger partial charge in [-0.3, -0.25) is 0 Å². The molecule has 0 amide bonds. The van der Waals surface area contributed by atoms with Gasteiger partial charge in [0, 0.05) is 5.56 Å². The van der Waals surface area contributed by atoms with Crippen molar-refractivity contribution in [2.75, 3.05) is 0 Å². The van der Waals surface area contributed by atoms with Crippen LogP contribution >= 0.6 is 0 Å². The summed E-state index contributed by atoms with van der Waals surface area (Å²) >= 11 is 0. The van der Waals surface area contributed by atoms with Crippen molar-refractivity contribution < 1.29 is 8.78 Å². The zero-order valence-corrected chi connectivity index (χ0v) is 22.3. The second-order valence-corrected chi connectivity index (χ2v) is 11.9. The van der Waals surface area contributed by atoms with E-state index in [2.05, 4.69) is 32.1 Å². The Kier molecular flexibility index (Phi) is 10.0. The molecule has 2 saturated carbocycles. The minimum absolute atomic E-state index is 0.499. The zero-order valence-electron chi connectivity index (χ0n) is 22.3. The average Bonchev–Trinajstić information content (AvgIpc) is 2.90. The van der Waals surface area contributed by atoms with Gasteiger partial charge in [0.15, 0.2) is 11.6 Å². The van der Waals surface area contributed by atoms with Crippen LogP contribution in [-0.4, -0.2) is 0 Å². The molecular weight excluding hydrogens is 434 g/mol. The van der Waals surface area contributed by atoms with Crippen molar-refractivity contribution in [3.8, 4) is 0 Å². The monoisotopic (exact) mass is 482 g/mol. The van der Waals surface area contributed by atoms with E-state index in [-0.39, 0.29) is 0 Å². The maximum atomic E-state index is 15.0. The fraction of sp³-hybridized carbons (Fsp3) is 0.697. The van der Waals surface area contributed by atoms with Gasteiger partial charge in [0.05, 0.1) is 0 Å². The van der Waals surface area contributed by atoms with Crippen molar-refractivity contribution in [1.82, 2.24) is 0 Å². The molecule has 1 aromatic rings. The predicted molar refractivity (Wildman–Crippen MR) is 145 cm³/mol. The van der Waals surface area contributed by atoms with Crippen molar-refractivity contribution in [2.24, 2.45) is 29.6 Å². The lowest BCUT2D eigenvalue weighted by Gasteiger charge is -2.35. The third-order valence-corrected chi connectivity index (χ3v) is 9.67. The molecule has 1 atom stereocenters. The minimum Gasteiger partial charge on any atom is -0.203 e. The number of aryl methyl sites for hydroxylation is 1. The summed E-state index contributed by atoms with van der Waals surface area (Å²) < 4.78 is 30.0. The number of halogens is 2. The smallest absolute Gasteiger partial charge is 0.166 e. The van der Waals surface area contributed by atoms with Crippen molar-refractivity contribution >= 4 is 5.57 Å². The highest BCUT2D eigenvalue weighted by Gasteiger charge is 2.29. The molecule has 2 fully saturated rings. The molecule has 0 N–H and O–H groups in total. The summed E-state index contributed by atoms with van der Waals surface area (Å²) in [5, 5.41) is 0. The molecule has 3 aliphatic carbocycles. The number of allylic oxidation sites excluding steroid dienone is 4. The summed E-state index contributed by atoms with van der Waals surface area (Å²) in [5.41, 5.74) is 2.04. The van der Waals surface area contributed by atoms with Gasteiger partial charge in [0.2, 0.25) is 0 Å². The fourth-order valence-electron chi connectivity index (χ4n) is 7.23. The van der Waals surface area contributed by atoms with Crippen molar-refractivity contribution in [2.45, 2.75) is 117 Å². The zero-order chi connectivity index (χ0) is 24.6. The van der Waals surface area contributed by atoms with Gasteiger partial charge < -0.3 is 0 Å². The summed E-state index contributed by atoms with van der Waals surface area (Å²) in [5.74, 6) is 2.83. The van der Waals surface area contributed by atoms with Crippen LogP contribution in [0.25, 0.3) is 5.57 Å². The Morgan fingerprint density at radius 3 is 2.23 bits per heavy atom. The standard InChI is InChI=1S/C33H48F2/c1-3-7-25-10-12-26(13-11-25)8-5-6-9-30-22-23-31(33(35)32(30)34)29-20-18-28(19-21-29)27-16-14-24(4-2)15-17-27/h5,8,20,22-28H,3-4,6-7,9-19,21H2,1-2H3. The molecule has 1 unspecified atom stereocenters. The molecule has 4 rings (SSSR count). The van der Waals surface area contributed by atoms with Crippen LogP contribution in [0.2, 0.25) is 0 Å². The Labute approximate surface area is 213 Å². The molecule has 0 heterocycles. The maximum Gasteiger partial charge on any atom is 0.166 e. The first kappa shape index (κ1) is 26.6. The molecular formula is C33H48F2. The highest BCUT2D eigenvalue weighted by Crippen LogP contribution is 2.42. The molecule has 0 aliphatic heterocycles. The lowest BCUT2D eigenvalue weighted by Crippen LogP contribution is -2.23. The first-order valence-corrected chi connectivity index (χ1v) is 14.9. The van der Waals surface area contributed by atoms with E-state index in [0.29, 0.717) is 23.5 Å². The number of hydrogen-bond acceptors (Lipinski definition) is 0. The average molecular weight is 483 g/mol. The van der Waals surface area contributed by atoms with E-state index in [0.717, 1.165) is 54.9 Å². The molecule has 0 bridgehead atoms. The number of hydrogen-bond donors (Lipinski definition) is 0. The fourth-order valence-corrected chi connectivity index (χ4v) is 7.23. The van der Waals surface area contributed by atoms with Gasteiger partial charge in [-0.25, -0.2) is 8.78 Å². The Morgan fingerprint density at radius 2 is 1.57 bits per heavy atom. The molecule has 0 saturated heterocycles. The summed E-state index contributed by atoms with van der Waals surface area (Å²) in [6, 6.07) is 3.67. The SMILES string of the molecule is CCCC1CCC(C=CCCc2ccc(C3=CCC(C4CCC(CC)CC4)CC3)c(F)c2F)CC1. The predicted octanol–water partition coefficient (Wildman–Crippen LogP) is 10.5. The van der Waals surface area contributed by atoms with Gasteiger partial charge in [0.25, 0.3) is 0 Å². The van der Waals surface area contributed by atoms with Crippen LogP contribution in [0.5, 0.6) is 0 Å². The summed E-state index contributed by atoms with van der Waals surface area (Å²) in [6.45, 7) is 4.59. The number of rotatable bonds is 9. The second-order valence-electron chi connectivity index (χ2n) is 11.9. The highest BCUT2D eigenvalue weighted by molar-refractivity contribution is 5.67. The quantitative estimate of drug-likeness (QED) is 0.307. The largest absolute Gasteiger partial charge is 0.203 e. The van der Waals surface area contributed by atoms with Gasteiger partial charge in [-0.1, -0.05) is 76.3 Å². The Morgan fingerprint density at radius 1 is 0.829 bits per heavy atom. The van der Waals surface area contributed by atoms with Gasteiger partial charge >= 0.3 is 0 Å². The molecule has 1 aromatic carbocycles. The van der Waals surface area contributed by atoms with E-state index in [4.69, 9.17) is 0 Å². The molecule has 2 heteroatoms. The van der Waals surface area contributed by atoms with E-state index in [9.17, 15) is 4.39 Å². The van der Waals surface area contributed by atoms with E-state index in [1.54, 1.807) is 0 Å². The van der Waals surface area contributed by atoms with Crippen molar-refractivity contribution in [3.05, 3.63) is 53.1 Å². The molecule has 0 nitrogen and oxygen atoms in total. The third kappa shape index (κ3) is 7.07. The van der Waals surface area contributed by atoms with Crippen molar-refractivity contribution in [3.63, 3.8) is 0 Å². The summed E-state index contributed by atoms with van der Waals surface area (Å²) in [6.07, 6.45) is 25.9. The van der Waals surface area contributed by atoms with Crippen LogP contribution in [0, 0.1) is 41.2 Å². The molecule has 0 spiro atoms. The van der Waals surface area contributed by atoms with E-state index < -0.39 is 11.6 Å². The van der Waals surface area contributed by atoms with Crippen LogP contribution in [0.3, 0.4) is 0 Å². The lowest BCUT2D eigenvalue weighted by atomic mass is 9.70. The normalized spacial score (nSPS) is 29.9. The second kappa shape index (κ2) is 13.2. The molecule has 0 radical (unpaired) electrons. The van der Waals surface area contributed by atoms with Gasteiger partial charge in [-0.2, -0.15) is 0 Å². The summed E-state index contributed by atoms with van der Waals surface area (Å²) in [4.78, 5) is 0. The Bertz CT molecular complexity index is 850. The van der Waals surface area contributed by atoms with Crippen LogP contribution in [0.15, 0.2) is 30.4 Å². The van der Waals surface area contributed by atoms with Gasteiger partial charge in [-0.05, 0) is 111 Å². The molecule has 194 valence electrons. The minimum atomic E-state index is -0.631.